The van der Waals surface area contributed by atoms with Crippen molar-refractivity contribution in [3.63, 3.8) is 0 Å². The number of esters is 1. The molecule has 1 fully saturated rings. The number of likely N-dealkylation sites (tertiary alicyclic amines) is 1. The van der Waals surface area contributed by atoms with Crippen LogP contribution in [0.2, 0.25) is 0 Å². The topological polar surface area (TPSA) is 123 Å². The number of hydrogen-bond donors (Lipinski definition) is 2. The molecule has 1 saturated heterocycles. The van der Waals surface area contributed by atoms with Crippen LogP contribution in [-0.4, -0.2) is 65.7 Å². The molecule has 218 valence electrons. The predicted octanol–water partition coefficient (Wildman–Crippen LogP) is 3.62. The van der Waals surface area contributed by atoms with Crippen molar-refractivity contribution in [2.24, 2.45) is 0 Å². The van der Waals surface area contributed by atoms with Gasteiger partial charge in [-0.05, 0) is 50.8 Å². The highest BCUT2D eigenvalue weighted by Gasteiger charge is 2.45. The minimum atomic E-state index is -1.28. The Labute approximate surface area is 240 Å². The zero-order valence-corrected chi connectivity index (χ0v) is 23.8. The molecule has 0 aliphatic carbocycles. The van der Waals surface area contributed by atoms with Crippen molar-refractivity contribution in [3.8, 4) is 0 Å². The van der Waals surface area contributed by atoms with Gasteiger partial charge < -0.3 is 29.7 Å². The lowest BCUT2D eigenvalue weighted by molar-refractivity contribution is -0.154. The van der Waals surface area contributed by atoms with Crippen LogP contribution in [0.4, 0.5) is 4.79 Å². The van der Waals surface area contributed by atoms with Gasteiger partial charge in [0.1, 0.15) is 5.60 Å². The molecule has 3 atom stereocenters. The summed E-state index contributed by atoms with van der Waals surface area (Å²) in [5.41, 5.74) is 0.688. The first-order valence-electron chi connectivity index (χ1n) is 13.8. The van der Waals surface area contributed by atoms with E-state index in [-0.39, 0.29) is 5.76 Å². The van der Waals surface area contributed by atoms with Crippen molar-refractivity contribution >= 4 is 23.9 Å². The maximum atomic E-state index is 13.7. The Hall–Kier alpha value is -4.34. The fourth-order valence-corrected chi connectivity index (χ4v) is 4.87. The molecule has 2 N–H and O–H groups in total. The highest BCUT2D eigenvalue weighted by molar-refractivity contribution is 5.90. The van der Waals surface area contributed by atoms with Gasteiger partial charge in [-0.2, -0.15) is 0 Å². The molecule has 0 aromatic heterocycles. The summed E-state index contributed by atoms with van der Waals surface area (Å²) < 4.78 is 17.4. The van der Waals surface area contributed by atoms with Gasteiger partial charge in [0.25, 0.3) is 5.91 Å². The van der Waals surface area contributed by atoms with E-state index in [4.69, 9.17) is 14.2 Å². The number of alkyl carbamates (subject to hydrolysis) is 1. The van der Waals surface area contributed by atoms with Gasteiger partial charge in [-0.3, -0.25) is 9.59 Å². The molecule has 10 nitrogen and oxygen atoms in total. The van der Waals surface area contributed by atoms with E-state index in [0.717, 1.165) is 24.0 Å². The largest absolute Gasteiger partial charge is 0.471 e. The standard InChI is InChI=1S/C31H37N3O7/c1-20(35)32-25-23(33-30(38)41-31(2,3)4)19-24(39-27(25)28(36)34-17-11-12-18-34)29(37)40-26(21-13-7-5-8-14-21)22-15-9-6-10-16-22/h5-10,13-16,19,23,25-27H,11-12,17-18H2,1-4H3,(H,32,35)(H,33,38)/t23-,25+,27+/m0/s1. The van der Waals surface area contributed by atoms with Gasteiger partial charge in [0, 0.05) is 20.0 Å². The fourth-order valence-electron chi connectivity index (χ4n) is 4.87. The summed E-state index contributed by atoms with van der Waals surface area (Å²) in [6.45, 7) is 7.51. The number of carbonyl (C=O) groups is 4. The average Bonchev–Trinajstić information content (AvgIpc) is 3.47. The van der Waals surface area contributed by atoms with Crippen molar-refractivity contribution in [2.45, 2.75) is 70.4 Å². The van der Waals surface area contributed by atoms with Gasteiger partial charge >= 0.3 is 12.1 Å². The number of rotatable bonds is 7. The third kappa shape index (κ3) is 7.87. The van der Waals surface area contributed by atoms with Crippen molar-refractivity contribution in [1.82, 2.24) is 15.5 Å². The first-order valence-corrected chi connectivity index (χ1v) is 13.8. The quantitative estimate of drug-likeness (QED) is 0.493. The summed E-state index contributed by atoms with van der Waals surface area (Å²) in [6.07, 6.45) is 0.215. The Balaban J connectivity index is 1.68. The lowest BCUT2D eigenvalue weighted by atomic mass is 9.96. The van der Waals surface area contributed by atoms with Gasteiger partial charge in [-0.1, -0.05) is 60.7 Å². The van der Waals surface area contributed by atoms with Crippen molar-refractivity contribution in [3.05, 3.63) is 83.6 Å². The molecule has 2 aromatic rings. The molecule has 2 heterocycles. The Kier molecular flexibility index (Phi) is 9.31. The molecule has 10 heteroatoms. The zero-order chi connectivity index (χ0) is 29.6. The van der Waals surface area contributed by atoms with Crippen LogP contribution in [0.3, 0.4) is 0 Å². The molecule has 0 bridgehead atoms. The third-order valence-corrected chi connectivity index (χ3v) is 6.64. The van der Waals surface area contributed by atoms with E-state index in [2.05, 4.69) is 10.6 Å². The maximum absolute atomic E-state index is 13.7. The lowest BCUT2D eigenvalue weighted by Crippen LogP contribution is -2.63. The van der Waals surface area contributed by atoms with E-state index < -0.39 is 53.8 Å². The maximum Gasteiger partial charge on any atom is 0.408 e. The molecule has 4 rings (SSSR count). The van der Waals surface area contributed by atoms with E-state index in [0.29, 0.717) is 13.1 Å². The summed E-state index contributed by atoms with van der Waals surface area (Å²) in [4.78, 5) is 53.9. The summed E-state index contributed by atoms with van der Waals surface area (Å²) in [5.74, 6) is -1.89. The predicted molar refractivity (Wildman–Crippen MR) is 150 cm³/mol. The molecular weight excluding hydrogens is 526 g/mol. The van der Waals surface area contributed by atoms with E-state index in [1.807, 2.05) is 60.7 Å². The monoisotopic (exact) mass is 563 g/mol. The van der Waals surface area contributed by atoms with E-state index in [1.54, 1.807) is 25.7 Å². The molecule has 0 spiro atoms. The second-order valence-corrected chi connectivity index (χ2v) is 11.1. The van der Waals surface area contributed by atoms with Crippen LogP contribution in [0, 0.1) is 0 Å². The number of nitrogens with zero attached hydrogens (tertiary/aromatic N) is 1. The van der Waals surface area contributed by atoms with Gasteiger partial charge in [0.15, 0.2) is 12.2 Å². The SMILES string of the molecule is CC(=O)N[C@@H]1[C@@H](NC(=O)OC(C)(C)C)C=C(C(=O)OC(c2ccccc2)c2ccccc2)O[C@H]1C(=O)N1CCCC1. The summed E-state index contributed by atoms with van der Waals surface area (Å²) >= 11 is 0. The second-order valence-electron chi connectivity index (χ2n) is 11.1. The van der Waals surface area contributed by atoms with Gasteiger partial charge in [0.2, 0.25) is 11.7 Å². The Morgan fingerprint density at radius 3 is 1.98 bits per heavy atom. The fraction of sp³-hybridized carbons (Fsp3) is 0.419. The Morgan fingerprint density at radius 2 is 1.46 bits per heavy atom. The smallest absolute Gasteiger partial charge is 0.408 e. The Bertz CT molecular complexity index is 1230. The second kappa shape index (κ2) is 12.9. The van der Waals surface area contributed by atoms with Crippen LogP contribution >= 0.6 is 0 Å². The average molecular weight is 564 g/mol. The normalized spacial score (nSPS) is 20.5. The number of amides is 3. The molecule has 0 saturated carbocycles. The van der Waals surface area contributed by atoms with Crippen LogP contribution < -0.4 is 10.6 Å². The molecule has 0 radical (unpaired) electrons. The number of benzene rings is 2. The van der Waals surface area contributed by atoms with Crippen LogP contribution in [0.5, 0.6) is 0 Å². The first kappa shape index (κ1) is 29.6. The molecule has 0 unspecified atom stereocenters. The zero-order valence-electron chi connectivity index (χ0n) is 23.8. The molecular formula is C31H37N3O7. The summed E-state index contributed by atoms with van der Waals surface area (Å²) in [7, 11) is 0. The molecule has 2 aromatic carbocycles. The molecule has 41 heavy (non-hydrogen) atoms. The number of carbonyl (C=O) groups excluding carboxylic acids is 4. The number of ether oxygens (including phenoxy) is 3. The highest BCUT2D eigenvalue weighted by atomic mass is 16.6. The van der Waals surface area contributed by atoms with Crippen LogP contribution in [0.15, 0.2) is 72.5 Å². The third-order valence-electron chi connectivity index (χ3n) is 6.64. The number of nitrogens with one attached hydrogen (secondary N) is 2. The lowest BCUT2D eigenvalue weighted by Gasteiger charge is -2.38. The van der Waals surface area contributed by atoms with E-state index >= 15 is 0 Å². The van der Waals surface area contributed by atoms with Crippen LogP contribution in [-0.2, 0) is 28.6 Å². The molecule has 2 aliphatic heterocycles. The Morgan fingerprint density at radius 1 is 0.902 bits per heavy atom. The first-order chi connectivity index (χ1) is 19.5. The highest BCUT2D eigenvalue weighted by Crippen LogP contribution is 2.29. The van der Waals surface area contributed by atoms with Crippen molar-refractivity contribution in [2.75, 3.05) is 13.1 Å². The van der Waals surface area contributed by atoms with Crippen molar-refractivity contribution in [1.29, 1.82) is 0 Å². The minimum Gasteiger partial charge on any atom is -0.471 e. The van der Waals surface area contributed by atoms with E-state index in [1.165, 1.54) is 13.0 Å². The minimum absolute atomic E-state index is 0.248. The van der Waals surface area contributed by atoms with Crippen LogP contribution in [0.1, 0.15) is 57.8 Å². The van der Waals surface area contributed by atoms with Gasteiger partial charge in [-0.25, -0.2) is 9.59 Å². The molecule has 3 amide bonds. The summed E-state index contributed by atoms with van der Waals surface area (Å²) in [5, 5.41) is 5.43. The molecule has 2 aliphatic rings. The van der Waals surface area contributed by atoms with Crippen molar-refractivity contribution < 1.29 is 33.4 Å². The van der Waals surface area contributed by atoms with E-state index in [9.17, 15) is 19.2 Å². The van der Waals surface area contributed by atoms with Gasteiger partial charge in [0.05, 0.1) is 12.1 Å². The van der Waals surface area contributed by atoms with Gasteiger partial charge in [-0.15, -0.1) is 0 Å². The van der Waals surface area contributed by atoms with Crippen LogP contribution in [0.25, 0.3) is 0 Å². The summed E-state index contributed by atoms with van der Waals surface area (Å²) in [6, 6.07) is 16.5. The number of hydrogen-bond acceptors (Lipinski definition) is 7.